The van der Waals surface area contributed by atoms with Gasteiger partial charge in [-0.1, -0.05) is 23.7 Å². The van der Waals surface area contributed by atoms with Crippen molar-refractivity contribution >= 4 is 33.4 Å². The van der Waals surface area contributed by atoms with Gasteiger partial charge in [0, 0.05) is 5.56 Å². The summed E-state index contributed by atoms with van der Waals surface area (Å²) in [5.41, 5.74) is -0.0990. The normalized spacial score (nSPS) is 11.1. The number of rotatable bonds is 3. The van der Waals surface area contributed by atoms with Crippen LogP contribution in [0.3, 0.4) is 0 Å². The predicted octanol–water partition coefficient (Wildman–Crippen LogP) is 2.96. The van der Waals surface area contributed by atoms with Crippen molar-refractivity contribution in [2.75, 3.05) is 5.32 Å². The van der Waals surface area contributed by atoms with Crippen molar-refractivity contribution in [3.8, 4) is 5.75 Å². The smallest absolute Gasteiger partial charge is 0.334 e. The molecule has 0 aliphatic rings. The van der Waals surface area contributed by atoms with Gasteiger partial charge in [-0.25, -0.2) is 0 Å². The van der Waals surface area contributed by atoms with Gasteiger partial charge < -0.3 is 10.4 Å². The van der Waals surface area contributed by atoms with Crippen LogP contribution in [0.1, 0.15) is 10.4 Å². The van der Waals surface area contributed by atoms with E-state index in [9.17, 15) is 22.2 Å². The molecule has 0 aliphatic carbocycles. The van der Waals surface area contributed by atoms with Crippen molar-refractivity contribution in [2.45, 2.75) is 4.90 Å². The fourth-order valence-corrected chi connectivity index (χ4v) is 2.43. The van der Waals surface area contributed by atoms with Crippen LogP contribution in [0.15, 0.2) is 47.4 Å². The first-order valence-corrected chi connectivity index (χ1v) is 7.39. The lowest BCUT2D eigenvalue weighted by atomic mass is 10.2. The van der Waals surface area contributed by atoms with Crippen molar-refractivity contribution in [2.24, 2.45) is 0 Å². The molecule has 2 aromatic carbocycles. The number of hydrogen-bond acceptors (Lipinski definition) is 4. The Kier molecular flexibility index (Phi) is 4.15. The van der Waals surface area contributed by atoms with Gasteiger partial charge in [0.1, 0.15) is 10.6 Å². The number of anilines is 1. The molecule has 8 heteroatoms. The minimum atomic E-state index is -4.96. The Morgan fingerprint density at radius 1 is 1.19 bits per heavy atom. The van der Waals surface area contributed by atoms with E-state index in [-0.39, 0.29) is 22.0 Å². The standard InChI is InChI=1S/C13H9ClFNO4S/c14-9-7-8(5-6-11(9)17)13(18)16-10-3-1-2-4-12(10)21(15,19)20/h1-7,17H,(H,16,18). The van der Waals surface area contributed by atoms with Gasteiger partial charge in [-0.05, 0) is 30.3 Å². The summed E-state index contributed by atoms with van der Waals surface area (Å²) >= 11 is 5.68. The topological polar surface area (TPSA) is 83.5 Å². The summed E-state index contributed by atoms with van der Waals surface area (Å²) in [7, 11) is -4.96. The summed E-state index contributed by atoms with van der Waals surface area (Å²) in [5.74, 6) is -0.882. The molecule has 0 saturated heterocycles. The minimum absolute atomic E-state index is 0.0333. The van der Waals surface area contributed by atoms with Crippen LogP contribution in [0, 0.1) is 0 Å². The van der Waals surface area contributed by atoms with Crippen LogP contribution in [0.4, 0.5) is 9.57 Å². The van der Waals surface area contributed by atoms with Crippen LogP contribution in [0.2, 0.25) is 5.02 Å². The van der Waals surface area contributed by atoms with Crippen molar-refractivity contribution < 1.29 is 22.2 Å². The van der Waals surface area contributed by atoms with Crippen molar-refractivity contribution in [3.05, 3.63) is 53.1 Å². The number of amides is 1. The maximum atomic E-state index is 13.1. The zero-order chi connectivity index (χ0) is 15.6. The highest BCUT2D eigenvalue weighted by atomic mass is 35.5. The van der Waals surface area contributed by atoms with E-state index in [0.717, 1.165) is 6.07 Å². The molecule has 5 nitrogen and oxygen atoms in total. The van der Waals surface area contributed by atoms with Crippen LogP contribution in [-0.2, 0) is 10.2 Å². The Morgan fingerprint density at radius 2 is 1.86 bits per heavy atom. The second-order valence-corrected chi connectivity index (χ2v) is 5.78. The molecule has 0 unspecified atom stereocenters. The maximum Gasteiger partial charge on any atom is 0.334 e. The summed E-state index contributed by atoms with van der Waals surface area (Å²) < 4.78 is 35.1. The van der Waals surface area contributed by atoms with Crippen LogP contribution in [0.5, 0.6) is 5.75 Å². The van der Waals surface area contributed by atoms with Crippen LogP contribution < -0.4 is 5.32 Å². The third-order valence-electron chi connectivity index (χ3n) is 2.61. The van der Waals surface area contributed by atoms with E-state index in [0.29, 0.717) is 0 Å². The molecule has 0 spiro atoms. The summed E-state index contributed by atoms with van der Waals surface area (Å²) in [6.45, 7) is 0. The summed E-state index contributed by atoms with van der Waals surface area (Å²) in [6.07, 6.45) is 0. The van der Waals surface area contributed by atoms with Gasteiger partial charge in [0.05, 0.1) is 10.7 Å². The molecule has 0 fully saturated rings. The SMILES string of the molecule is O=C(Nc1ccccc1S(=O)(=O)F)c1ccc(O)c(Cl)c1. The molecule has 2 aromatic rings. The first-order chi connectivity index (χ1) is 9.79. The first-order valence-electron chi connectivity index (χ1n) is 5.62. The average Bonchev–Trinajstić information content (AvgIpc) is 2.41. The van der Waals surface area contributed by atoms with Crippen LogP contribution in [-0.4, -0.2) is 19.4 Å². The molecular formula is C13H9ClFNO4S. The fraction of sp³-hybridized carbons (Fsp3) is 0. The summed E-state index contributed by atoms with van der Waals surface area (Å²) in [5, 5.41) is 11.5. The molecule has 1 amide bonds. The van der Waals surface area contributed by atoms with Gasteiger partial charge in [-0.2, -0.15) is 8.42 Å². The number of nitrogens with one attached hydrogen (secondary N) is 1. The second kappa shape index (κ2) is 5.71. The van der Waals surface area contributed by atoms with Gasteiger partial charge in [-0.3, -0.25) is 4.79 Å². The van der Waals surface area contributed by atoms with E-state index in [2.05, 4.69) is 5.32 Å². The minimum Gasteiger partial charge on any atom is -0.506 e. The van der Waals surface area contributed by atoms with Crippen LogP contribution in [0.25, 0.3) is 0 Å². The van der Waals surface area contributed by atoms with Gasteiger partial charge in [0.2, 0.25) is 0 Å². The Labute approximate surface area is 125 Å². The summed E-state index contributed by atoms with van der Waals surface area (Å²) in [4.78, 5) is 11.4. The number of phenols is 1. The molecule has 2 N–H and O–H groups in total. The molecular weight excluding hydrogens is 321 g/mol. The lowest BCUT2D eigenvalue weighted by molar-refractivity contribution is 0.102. The van der Waals surface area contributed by atoms with Crippen molar-refractivity contribution in [3.63, 3.8) is 0 Å². The molecule has 0 aliphatic heterocycles. The van der Waals surface area contributed by atoms with Gasteiger partial charge in [0.15, 0.2) is 0 Å². The Hall–Kier alpha value is -2.12. The third kappa shape index (κ3) is 3.50. The number of halogens is 2. The van der Waals surface area contributed by atoms with Gasteiger partial charge in [0.25, 0.3) is 5.91 Å². The summed E-state index contributed by atoms with van der Waals surface area (Å²) in [6, 6.07) is 8.80. The number of aromatic hydroxyl groups is 1. The molecule has 0 radical (unpaired) electrons. The molecule has 2 rings (SSSR count). The van der Waals surface area contributed by atoms with E-state index in [1.165, 1.54) is 36.4 Å². The molecule has 0 saturated carbocycles. The predicted molar refractivity (Wildman–Crippen MR) is 75.8 cm³/mol. The van der Waals surface area contributed by atoms with E-state index in [1.807, 2.05) is 0 Å². The van der Waals surface area contributed by atoms with E-state index in [4.69, 9.17) is 11.6 Å². The number of carbonyl (C=O) groups is 1. The van der Waals surface area contributed by atoms with E-state index >= 15 is 0 Å². The quantitative estimate of drug-likeness (QED) is 0.848. The molecule has 0 heterocycles. The van der Waals surface area contributed by atoms with Crippen LogP contribution >= 0.6 is 11.6 Å². The highest BCUT2D eigenvalue weighted by Crippen LogP contribution is 2.26. The number of para-hydroxylation sites is 1. The Bertz CT molecular complexity index is 808. The van der Waals surface area contributed by atoms with Crippen molar-refractivity contribution in [1.82, 2.24) is 0 Å². The zero-order valence-corrected chi connectivity index (χ0v) is 12.0. The number of phenolic OH excluding ortho intramolecular Hbond substituents is 1. The second-order valence-electron chi connectivity index (χ2n) is 4.05. The van der Waals surface area contributed by atoms with Gasteiger partial charge >= 0.3 is 10.2 Å². The zero-order valence-electron chi connectivity index (χ0n) is 10.4. The molecule has 110 valence electrons. The highest BCUT2D eigenvalue weighted by molar-refractivity contribution is 7.86. The maximum absolute atomic E-state index is 13.1. The van der Waals surface area contributed by atoms with E-state index in [1.54, 1.807) is 0 Å². The molecule has 0 aromatic heterocycles. The number of benzene rings is 2. The first kappa shape index (κ1) is 15.3. The van der Waals surface area contributed by atoms with E-state index < -0.39 is 21.0 Å². The fourth-order valence-electron chi connectivity index (χ4n) is 1.63. The number of carbonyl (C=O) groups excluding carboxylic acids is 1. The monoisotopic (exact) mass is 329 g/mol. The lowest BCUT2D eigenvalue weighted by Gasteiger charge is -2.08. The lowest BCUT2D eigenvalue weighted by Crippen LogP contribution is -2.13. The Balaban J connectivity index is 2.34. The number of hydrogen-bond donors (Lipinski definition) is 2. The molecule has 0 bridgehead atoms. The Morgan fingerprint density at radius 3 is 2.48 bits per heavy atom. The molecule has 21 heavy (non-hydrogen) atoms. The largest absolute Gasteiger partial charge is 0.506 e. The molecule has 0 atom stereocenters. The highest BCUT2D eigenvalue weighted by Gasteiger charge is 2.19. The third-order valence-corrected chi connectivity index (χ3v) is 3.79. The van der Waals surface area contributed by atoms with Crippen molar-refractivity contribution in [1.29, 1.82) is 0 Å². The average molecular weight is 330 g/mol. The van der Waals surface area contributed by atoms with Gasteiger partial charge in [-0.15, -0.1) is 3.89 Å².